The van der Waals surface area contributed by atoms with Crippen LogP contribution in [0.5, 0.6) is 0 Å². The van der Waals surface area contributed by atoms with Gasteiger partial charge in [0.1, 0.15) is 0 Å². The molecular formula is C22H22N2O2S. The SMILES string of the molecule is O=C(CCC(=O)c1cccs1)NN(Cc1ccccc1)Cc1ccccc1. The summed E-state index contributed by atoms with van der Waals surface area (Å²) < 4.78 is 0. The van der Waals surface area contributed by atoms with Crippen LogP contribution in [-0.4, -0.2) is 16.7 Å². The number of carbonyl (C=O) groups excluding carboxylic acids is 2. The molecule has 0 saturated heterocycles. The van der Waals surface area contributed by atoms with Crippen molar-refractivity contribution < 1.29 is 9.59 Å². The number of benzene rings is 2. The summed E-state index contributed by atoms with van der Waals surface area (Å²) in [5.41, 5.74) is 5.19. The molecule has 5 heteroatoms. The average Bonchev–Trinajstić information content (AvgIpc) is 3.22. The average molecular weight is 378 g/mol. The standard InChI is InChI=1S/C22H22N2O2S/c25-20(21-12-7-15-27-21)13-14-22(26)23-24(16-18-8-3-1-4-9-18)17-19-10-5-2-6-11-19/h1-12,15H,13-14,16-17H2,(H,23,26). The van der Waals surface area contributed by atoms with E-state index in [1.165, 1.54) is 11.3 Å². The number of amides is 1. The minimum atomic E-state index is -0.147. The summed E-state index contributed by atoms with van der Waals surface area (Å²) >= 11 is 1.41. The molecule has 0 radical (unpaired) electrons. The largest absolute Gasteiger partial charge is 0.293 e. The molecule has 0 aliphatic rings. The van der Waals surface area contributed by atoms with Crippen molar-refractivity contribution >= 4 is 23.0 Å². The van der Waals surface area contributed by atoms with Gasteiger partial charge in [-0.2, -0.15) is 0 Å². The van der Waals surface area contributed by atoms with E-state index in [-0.39, 0.29) is 24.5 Å². The lowest BCUT2D eigenvalue weighted by Crippen LogP contribution is -2.41. The Morgan fingerprint density at radius 1 is 0.778 bits per heavy atom. The lowest BCUT2D eigenvalue weighted by molar-refractivity contribution is -0.126. The third-order valence-electron chi connectivity index (χ3n) is 4.09. The van der Waals surface area contributed by atoms with Gasteiger partial charge < -0.3 is 0 Å². The van der Waals surface area contributed by atoms with Gasteiger partial charge in [0.25, 0.3) is 0 Å². The molecule has 1 aromatic heterocycles. The molecule has 1 N–H and O–H groups in total. The number of thiophene rings is 1. The number of carbonyl (C=O) groups is 2. The van der Waals surface area contributed by atoms with E-state index in [4.69, 9.17) is 0 Å². The molecule has 0 unspecified atom stereocenters. The first-order chi connectivity index (χ1) is 13.2. The third-order valence-corrected chi connectivity index (χ3v) is 5.00. The monoisotopic (exact) mass is 378 g/mol. The van der Waals surface area contributed by atoms with Crippen LogP contribution in [0.15, 0.2) is 78.2 Å². The van der Waals surface area contributed by atoms with Crippen LogP contribution >= 0.6 is 11.3 Å². The molecule has 0 bridgehead atoms. The Kier molecular flexibility index (Phi) is 6.90. The Labute approximate surface area is 163 Å². The smallest absolute Gasteiger partial charge is 0.234 e. The van der Waals surface area contributed by atoms with Gasteiger partial charge >= 0.3 is 0 Å². The van der Waals surface area contributed by atoms with Crippen LogP contribution in [0.3, 0.4) is 0 Å². The van der Waals surface area contributed by atoms with E-state index in [9.17, 15) is 9.59 Å². The minimum Gasteiger partial charge on any atom is -0.293 e. The van der Waals surface area contributed by atoms with Crippen LogP contribution in [0.4, 0.5) is 0 Å². The van der Waals surface area contributed by atoms with E-state index in [1.807, 2.05) is 77.1 Å². The van der Waals surface area contributed by atoms with Gasteiger partial charge in [-0.25, -0.2) is 5.01 Å². The van der Waals surface area contributed by atoms with E-state index in [0.29, 0.717) is 18.0 Å². The van der Waals surface area contributed by atoms with Gasteiger partial charge in [-0.05, 0) is 22.6 Å². The molecule has 0 saturated carbocycles. The number of rotatable bonds is 9. The van der Waals surface area contributed by atoms with E-state index in [1.54, 1.807) is 6.07 Å². The minimum absolute atomic E-state index is 0.0119. The lowest BCUT2D eigenvalue weighted by Gasteiger charge is -2.23. The van der Waals surface area contributed by atoms with Gasteiger partial charge in [-0.1, -0.05) is 66.7 Å². The van der Waals surface area contributed by atoms with Gasteiger partial charge in [0.05, 0.1) is 4.88 Å². The Bertz CT molecular complexity index is 807. The second-order valence-electron chi connectivity index (χ2n) is 6.26. The molecule has 138 valence electrons. The van der Waals surface area contributed by atoms with Crippen LogP contribution in [0.2, 0.25) is 0 Å². The highest BCUT2D eigenvalue weighted by atomic mass is 32.1. The highest BCUT2D eigenvalue weighted by Crippen LogP contribution is 2.13. The lowest BCUT2D eigenvalue weighted by atomic mass is 10.2. The van der Waals surface area contributed by atoms with Crippen molar-refractivity contribution in [1.82, 2.24) is 10.4 Å². The summed E-state index contributed by atoms with van der Waals surface area (Å²) in [6.07, 6.45) is 0.397. The molecule has 0 spiro atoms. The molecule has 0 aliphatic carbocycles. The predicted molar refractivity (Wildman–Crippen MR) is 108 cm³/mol. The predicted octanol–water partition coefficient (Wildman–Crippen LogP) is 4.44. The van der Waals surface area contributed by atoms with Crippen molar-refractivity contribution in [3.63, 3.8) is 0 Å². The highest BCUT2D eigenvalue weighted by Gasteiger charge is 2.14. The number of hydrogen-bond acceptors (Lipinski definition) is 4. The number of hydrazine groups is 1. The fraction of sp³-hybridized carbons (Fsp3) is 0.182. The summed E-state index contributed by atoms with van der Waals surface area (Å²) in [6, 6.07) is 23.6. The van der Waals surface area contributed by atoms with Crippen molar-refractivity contribution in [3.05, 3.63) is 94.2 Å². The molecule has 0 atom stereocenters. The Morgan fingerprint density at radius 3 is 1.89 bits per heavy atom. The molecule has 2 aromatic carbocycles. The van der Waals surface area contributed by atoms with Crippen LogP contribution in [0, 0.1) is 0 Å². The number of ketones is 1. The van der Waals surface area contributed by atoms with Crippen LogP contribution in [0.1, 0.15) is 33.6 Å². The van der Waals surface area contributed by atoms with Crippen LogP contribution < -0.4 is 5.43 Å². The van der Waals surface area contributed by atoms with E-state index >= 15 is 0 Å². The maximum absolute atomic E-state index is 12.4. The number of Topliss-reactive ketones (excluding diaryl/α,β-unsaturated/α-hetero) is 1. The summed E-state index contributed by atoms with van der Waals surface area (Å²) in [5, 5.41) is 3.76. The molecule has 3 aromatic rings. The van der Waals surface area contributed by atoms with E-state index in [0.717, 1.165) is 11.1 Å². The van der Waals surface area contributed by atoms with Gasteiger partial charge in [-0.15, -0.1) is 11.3 Å². The van der Waals surface area contributed by atoms with Gasteiger partial charge in [0.15, 0.2) is 5.78 Å². The van der Waals surface area contributed by atoms with E-state index < -0.39 is 0 Å². The van der Waals surface area contributed by atoms with Gasteiger partial charge in [-0.3, -0.25) is 15.0 Å². The number of nitrogens with one attached hydrogen (secondary N) is 1. The number of hydrogen-bond donors (Lipinski definition) is 1. The fourth-order valence-electron chi connectivity index (χ4n) is 2.76. The fourth-order valence-corrected chi connectivity index (χ4v) is 3.46. The zero-order valence-electron chi connectivity index (χ0n) is 15.0. The van der Waals surface area contributed by atoms with Crippen molar-refractivity contribution in [1.29, 1.82) is 0 Å². The van der Waals surface area contributed by atoms with E-state index in [2.05, 4.69) is 5.43 Å². The molecule has 0 fully saturated rings. The second kappa shape index (κ2) is 9.80. The molecule has 0 aliphatic heterocycles. The zero-order valence-corrected chi connectivity index (χ0v) is 15.8. The molecule has 3 rings (SSSR count). The molecule has 4 nitrogen and oxygen atoms in total. The Hall–Kier alpha value is -2.76. The molecule has 1 amide bonds. The van der Waals surface area contributed by atoms with Crippen molar-refractivity contribution in [2.75, 3.05) is 0 Å². The highest BCUT2D eigenvalue weighted by molar-refractivity contribution is 7.12. The summed E-state index contributed by atoms with van der Waals surface area (Å²) in [7, 11) is 0. The first-order valence-electron chi connectivity index (χ1n) is 8.90. The quantitative estimate of drug-likeness (QED) is 0.442. The maximum Gasteiger partial charge on any atom is 0.234 e. The summed E-state index contributed by atoms with van der Waals surface area (Å²) in [5.74, 6) is -0.135. The molecular weight excluding hydrogens is 356 g/mol. The second-order valence-corrected chi connectivity index (χ2v) is 7.21. The van der Waals surface area contributed by atoms with Crippen LogP contribution in [0.25, 0.3) is 0 Å². The van der Waals surface area contributed by atoms with Crippen molar-refractivity contribution in [3.8, 4) is 0 Å². The zero-order chi connectivity index (χ0) is 18.9. The third kappa shape index (κ3) is 6.16. The Balaban J connectivity index is 1.59. The Morgan fingerprint density at radius 2 is 1.37 bits per heavy atom. The molecule has 1 heterocycles. The first kappa shape index (κ1) is 19.0. The number of nitrogens with zero attached hydrogens (tertiary/aromatic N) is 1. The molecule has 27 heavy (non-hydrogen) atoms. The first-order valence-corrected chi connectivity index (χ1v) is 9.77. The normalized spacial score (nSPS) is 10.7. The van der Waals surface area contributed by atoms with Gasteiger partial charge in [0.2, 0.25) is 5.91 Å². The van der Waals surface area contributed by atoms with Crippen LogP contribution in [-0.2, 0) is 17.9 Å². The topological polar surface area (TPSA) is 49.4 Å². The van der Waals surface area contributed by atoms with Gasteiger partial charge in [0, 0.05) is 25.9 Å². The maximum atomic E-state index is 12.4. The summed E-state index contributed by atoms with van der Waals surface area (Å²) in [6.45, 7) is 1.20. The summed E-state index contributed by atoms with van der Waals surface area (Å²) in [4.78, 5) is 25.2. The van der Waals surface area contributed by atoms with Crippen molar-refractivity contribution in [2.24, 2.45) is 0 Å². The van der Waals surface area contributed by atoms with Crippen molar-refractivity contribution in [2.45, 2.75) is 25.9 Å².